The molecule has 1 N–H and O–H groups in total. The molecule has 0 bridgehead atoms. The molecular weight excluding hydrogens is 316 g/mol. The Bertz CT molecular complexity index is 816. The number of hydrogen-bond acceptors (Lipinski definition) is 4. The molecule has 122 valence electrons. The normalized spacial score (nSPS) is 18.1. The predicted molar refractivity (Wildman–Crippen MR) is 98.3 cm³/mol. The highest BCUT2D eigenvalue weighted by atomic mass is 32.1. The number of rotatable bonds is 4. The van der Waals surface area contributed by atoms with Crippen LogP contribution in [-0.4, -0.2) is 28.1 Å². The highest BCUT2D eigenvalue weighted by Gasteiger charge is 2.24. The summed E-state index contributed by atoms with van der Waals surface area (Å²) in [5, 5.41) is 14.1. The molecule has 3 nitrogen and oxygen atoms in total. The van der Waals surface area contributed by atoms with E-state index in [4.69, 9.17) is 0 Å². The quantitative estimate of drug-likeness (QED) is 0.762. The monoisotopic (exact) mass is 336 g/mol. The SMILES string of the molecule is Oc1cccc(-c2cc([C@@H]3CCN(Cc4ccsc4)C3)ccn2)c1. The minimum atomic E-state index is 0.280. The first-order valence-electron chi connectivity index (χ1n) is 8.27. The Morgan fingerprint density at radius 1 is 1.21 bits per heavy atom. The standard InChI is InChI=1S/C20H20N2OS/c23-19-3-1-2-17(10-19)20-11-16(4-7-21-20)18-5-8-22(13-18)12-15-6-9-24-14-15/h1-4,6-7,9-11,14,18,23H,5,8,12-13H2/t18-/m1/s1. The second-order valence-corrected chi connectivity index (χ2v) is 7.16. The molecule has 0 unspecified atom stereocenters. The molecule has 2 aromatic heterocycles. The Kier molecular flexibility index (Phi) is 4.32. The summed E-state index contributed by atoms with van der Waals surface area (Å²) in [6.07, 6.45) is 3.07. The van der Waals surface area contributed by atoms with Gasteiger partial charge in [-0.3, -0.25) is 9.88 Å². The molecule has 1 fully saturated rings. The fourth-order valence-electron chi connectivity index (χ4n) is 3.41. The van der Waals surface area contributed by atoms with Crippen molar-refractivity contribution < 1.29 is 5.11 Å². The lowest BCUT2D eigenvalue weighted by atomic mass is 9.97. The van der Waals surface area contributed by atoms with Crippen LogP contribution in [0, 0.1) is 0 Å². The molecule has 0 radical (unpaired) electrons. The van der Waals surface area contributed by atoms with Crippen molar-refractivity contribution >= 4 is 11.3 Å². The number of benzene rings is 1. The fourth-order valence-corrected chi connectivity index (χ4v) is 4.07. The second kappa shape index (κ2) is 6.75. The Morgan fingerprint density at radius 2 is 2.17 bits per heavy atom. The number of pyridine rings is 1. The van der Waals surface area contributed by atoms with Gasteiger partial charge in [-0.05, 0) is 71.1 Å². The maximum atomic E-state index is 9.68. The Balaban J connectivity index is 1.50. The van der Waals surface area contributed by atoms with Crippen molar-refractivity contribution in [3.05, 3.63) is 70.5 Å². The lowest BCUT2D eigenvalue weighted by Crippen LogP contribution is -2.19. The summed E-state index contributed by atoms with van der Waals surface area (Å²) in [7, 11) is 0. The van der Waals surface area contributed by atoms with Crippen LogP contribution < -0.4 is 0 Å². The smallest absolute Gasteiger partial charge is 0.116 e. The highest BCUT2D eigenvalue weighted by molar-refractivity contribution is 7.07. The predicted octanol–water partition coefficient (Wildman–Crippen LogP) is 4.51. The average Bonchev–Trinajstić information content (AvgIpc) is 3.27. The summed E-state index contributed by atoms with van der Waals surface area (Å²) in [5.74, 6) is 0.838. The van der Waals surface area contributed by atoms with Gasteiger partial charge in [0, 0.05) is 24.8 Å². The summed E-state index contributed by atoms with van der Waals surface area (Å²) in [6.45, 7) is 3.29. The van der Waals surface area contributed by atoms with Crippen LogP contribution in [0.4, 0.5) is 0 Å². The number of aromatic nitrogens is 1. The van der Waals surface area contributed by atoms with E-state index in [1.807, 2.05) is 18.3 Å². The van der Waals surface area contributed by atoms with Crippen LogP contribution in [0.15, 0.2) is 59.4 Å². The van der Waals surface area contributed by atoms with Crippen molar-refractivity contribution in [2.45, 2.75) is 18.9 Å². The van der Waals surface area contributed by atoms with Crippen molar-refractivity contribution in [3.63, 3.8) is 0 Å². The average molecular weight is 336 g/mol. The highest BCUT2D eigenvalue weighted by Crippen LogP contribution is 2.31. The van der Waals surface area contributed by atoms with Gasteiger partial charge in [-0.25, -0.2) is 0 Å². The van der Waals surface area contributed by atoms with Gasteiger partial charge in [-0.1, -0.05) is 12.1 Å². The van der Waals surface area contributed by atoms with Gasteiger partial charge in [-0.2, -0.15) is 11.3 Å². The third-order valence-corrected chi connectivity index (χ3v) is 5.39. The first-order valence-corrected chi connectivity index (χ1v) is 9.21. The maximum absolute atomic E-state index is 9.68. The largest absolute Gasteiger partial charge is 0.508 e. The molecule has 0 aliphatic carbocycles. The first-order chi connectivity index (χ1) is 11.8. The van der Waals surface area contributed by atoms with Gasteiger partial charge >= 0.3 is 0 Å². The lowest BCUT2D eigenvalue weighted by Gasteiger charge is -2.15. The van der Waals surface area contributed by atoms with Crippen molar-refractivity contribution in [1.82, 2.24) is 9.88 Å². The Hall–Kier alpha value is -2.17. The van der Waals surface area contributed by atoms with E-state index in [2.05, 4.69) is 38.8 Å². The second-order valence-electron chi connectivity index (χ2n) is 6.38. The van der Waals surface area contributed by atoms with Gasteiger partial charge in [0.15, 0.2) is 0 Å². The number of thiophene rings is 1. The van der Waals surface area contributed by atoms with Crippen LogP contribution in [0.25, 0.3) is 11.3 Å². The van der Waals surface area contributed by atoms with E-state index in [1.165, 1.54) is 17.5 Å². The number of hydrogen-bond donors (Lipinski definition) is 1. The molecule has 1 aliphatic heterocycles. The van der Waals surface area contributed by atoms with Gasteiger partial charge in [0.1, 0.15) is 5.75 Å². The van der Waals surface area contributed by atoms with Crippen LogP contribution >= 0.6 is 11.3 Å². The molecule has 1 saturated heterocycles. The van der Waals surface area contributed by atoms with Crippen molar-refractivity contribution in [2.75, 3.05) is 13.1 Å². The van der Waals surface area contributed by atoms with E-state index in [0.717, 1.165) is 30.9 Å². The van der Waals surface area contributed by atoms with E-state index < -0.39 is 0 Å². The van der Waals surface area contributed by atoms with Crippen molar-refractivity contribution in [3.8, 4) is 17.0 Å². The number of nitrogens with zero attached hydrogens (tertiary/aromatic N) is 2. The molecule has 1 atom stereocenters. The topological polar surface area (TPSA) is 36.4 Å². The molecule has 3 heterocycles. The minimum Gasteiger partial charge on any atom is -0.508 e. The molecule has 0 saturated carbocycles. The summed E-state index contributed by atoms with van der Waals surface area (Å²) in [6, 6.07) is 13.8. The van der Waals surface area contributed by atoms with Crippen molar-refractivity contribution in [1.29, 1.82) is 0 Å². The molecule has 4 heteroatoms. The summed E-state index contributed by atoms with van der Waals surface area (Å²) >= 11 is 1.77. The summed E-state index contributed by atoms with van der Waals surface area (Å²) in [5.41, 5.74) is 4.65. The Labute approximate surface area is 146 Å². The van der Waals surface area contributed by atoms with Crippen LogP contribution in [0.1, 0.15) is 23.5 Å². The maximum Gasteiger partial charge on any atom is 0.116 e. The molecule has 3 aromatic rings. The van der Waals surface area contributed by atoms with Gasteiger partial charge < -0.3 is 5.11 Å². The van der Waals surface area contributed by atoms with Crippen molar-refractivity contribution in [2.24, 2.45) is 0 Å². The molecule has 4 rings (SSSR count). The zero-order chi connectivity index (χ0) is 16.4. The molecular formula is C20H20N2OS. The number of likely N-dealkylation sites (tertiary alicyclic amines) is 1. The summed E-state index contributed by atoms with van der Waals surface area (Å²) in [4.78, 5) is 7.01. The van der Waals surface area contributed by atoms with E-state index in [-0.39, 0.29) is 5.75 Å². The van der Waals surface area contributed by atoms with Crippen LogP contribution in [0.5, 0.6) is 5.75 Å². The molecule has 24 heavy (non-hydrogen) atoms. The van der Waals surface area contributed by atoms with E-state index in [9.17, 15) is 5.11 Å². The molecule has 1 aliphatic rings. The third-order valence-electron chi connectivity index (χ3n) is 4.66. The zero-order valence-electron chi connectivity index (χ0n) is 13.4. The van der Waals surface area contributed by atoms with E-state index in [0.29, 0.717) is 5.92 Å². The molecule has 0 spiro atoms. The number of aromatic hydroxyl groups is 1. The minimum absolute atomic E-state index is 0.280. The van der Waals surface area contributed by atoms with Crippen LogP contribution in [0.3, 0.4) is 0 Å². The Morgan fingerprint density at radius 3 is 3.00 bits per heavy atom. The van der Waals surface area contributed by atoms with Gasteiger partial charge in [0.05, 0.1) is 5.69 Å². The lowest BCUT2D eigenvalue weighted by molar-refractivity contribution is 0.327. The number of phenolic OH excluding ortho intramolecular Hbond substituents is 1. The van der Waals surface area contributed by atoms with Gasteiger partial charge in [-0.15, -0.1) is 0 Å². The van der Waals surface area contributed by atoms with E-state index in [1.54, 1.807) is 23.5 Å². The first kappa shape index (κ1) is 15.4. The molecule has 0 amide bonds. The third kappa shape index (κ3) is 3.35. The van der Waals surface area contributed by atoms with Crippen LogP contribution in [0.2, 0.25) is 0 Å². The van der Waals surface area contributed by atoms with Gasteiger partial charge in [0.2, 0.25) is 0 Å². The van der Waals surface area contributed by atoms with E-state index >= 15 is 0 Å². The zero-order valence-corrected chi connectivity index (χ0v) is 14.2. The summed E-state index contributed by atoms with van der Waals surface area (Å²) < 4.78 is 0. The van der Waals surface area contributed by atoms with Crippen LogP contribution in [-0.2, 0) is 6.54 Å². The number of phenols is 1. The fraction of sp³-hybridized carbons (Fsp3) is 0.250. The molecule has 1 aromatic carbocycles. The van der Waals surface area contributed by atoms with Gasteiger partial charge in [0.25, 0.3) is 0 Å².